The van der Waals surface area contributed by atoms with Crippen LogP contribution in [0.15, 0.2) is 27.6 Å². The molecule has 1 saturated heterocycles. The zero-order chi connectivity index (χ0) is 14.8. The molecule has 0 bridgehead atoms. The van der Waals surface area contributed by atoms with E-state index in [9.17, 15) is 8.42 Å². The van der Waals surface area contributed by atoms with E-state index >= 15 is 0 Å². The van der Waals surface area contributed by atoms with Gasteiger partial charge in [-0.15, -0.1) is 0 Å². The number of rotatable bonds is 4. The molecule has 0 spiro atoms. The van der Waals surface area contributed by atoms with Crippen LogP contribution in [0.2, 0.25) is 5.02 Å². The lowest BCUT2D eigenvalue weighted by molar-refractivity contribution is 0.315. The molecule has 7 heteroatoms. The van der Waals surface area contributed by atoms with Crippen molar-refractivity contribution in [2.45, 2.75) is 17.7 Å². The summed E-state index contributed by atoms with van der Waals surface area (Å²) in [5.41, 5.74) is 0. The second-order valence-corrected chi connectivity index (χ2v) is 8.41. The topological polar surface area (TPSA) is 49.4 Å². The zero-order valence-electron chi connectivity index (χ0n) is 11.3. The summed E-state index contributed by atoms with van der Waals surface area (Å²) in [7, 11) is -1.92. The third-order valence-corrected chi connectivity index (χ3v) is 6.30. The van der Waals surface area contributed by atoms with Crippen LogP contribution >= 0.6 is 27.5 Å². The predicted molar refractivity (Wildman–Crippen MR) is 84.6 cm³/mol. The van der Waals surface area contributed by atoms with Crippen LogP contribution in [0.1, 0.15) is 12.8 Å². The molecule has 0 aliphatic carbocycles. The summed E-state index contributed by atoms with van der Waals surface area (Å²) >= 11 is 9.33. The fourth-order valence-corrected chi connectivity index (χ4v) is 4.65. The van der Waals surface area contributed by atoms with Crippen molar-refractivity contribution in [2.24, 2.45) is 5.92 Å². The summed E-state index contributed by atoms with van der Waals surface area (Å²) in [5, 5.41) is 3.54. The molecule has 1 unspecified atom stereocenters. The fraction of sp³-hybridized carbons (Fsp3) is 0.538. The molecule has 1 aromatic rings. The van der Waals surface area contributed by atoms with Gasteiger partial charge in [0.2, 0.25) is 10.0 Å². The summed E-state index contributed by atoms with van der Waals surface area (Å²) in [6.45, 7) is 2.40. The lowest BCUT2D eigenvalue weighted by Crippen LogP contribution is -2.39. The SMILES string of the molecule is CN(CC1CCCNC1)S(=O)(=O)c1ccc(Br)cc1Cl. The second kappa shape index (κ2) is 6.75. The maximum atomic E-state index is 12.5. The van der Waals surface area contributed by atoms with Crippen LogP contribution in [-0.2, 0) is 10.0 Å². The van der Waals surface area contributed by atoms with E-state index in [2.05, 4.69) is 21.2 Å². The molecule has 1 aromatic carbocycles. The Bertz CT molecular complexity index is 574. The Hall–Kier alpha value is -0.140. The largest absolute Gasteiger partial charge is 0.316 e. The molecule has 4 nitrogen and oxygen atoms in total. The highest BCUT2D eigenvalue weighted by molar-refractivity contribution is 9.10. The van der Waals surface area contributed by atoms with E-state index in [1.165, 1.54) is 10.4 Å². The first-order valence-electron chi connectivity index (χ1n) is 6.53. The summed E-state index contributed by atoms with van der Waals surface area (Å²) in [5.74, 6) is 0.359. The molecule has 1 aliphatic heterocycles. The van der Waals surface area contributed by atoms with Gasteiger partial charge in [-0.25, -0.2) is 12.7 Å². The first kappa shape index (κ1) is 16.2. The Morgan fingerprint density at radius 2 is 2.25 bits per heavy atom. The van der Waals surface area contributed by atoms with Gasteiger partial charge < -0.3 is 5.32 Å². The number of sulfonamides is 1. The Morgan fingerprint density at radius 1 is 1.50 bits per heavy atom. The van der Waals surface area contributed by atoms with Crippen LogP contribution < -0.4 is 5.32 Å². The zero-order valence-corrected chi connectivity index (χ0v) is 14.4. The molecule has 112 valence electrons. The molecule has 1 atom stereocenters. The van der Waals surface area contributed by atoms with Gasteiger partial charge in [0, 0.05) is 18.1 Å². The van der Waals surface area contributed by atoms with Crippen LogP contribution in [-0.4, -0.2) is 39.4 Å². The molecule has 20 heavy (non-hydrogen) atoms. The van der Waals surface area contributed by atoms with E-state index in [1.54, 1.807) is 19.2 Å². The maximum absolute atomic E-state index is 12.5. The van der Waals surface area contributed by atoms with E-state index in [0.717, 1.165) is 30.4 Å². The van der Waals surface area contributed by atoms with Crippen molar-refractivity contribution in [1.82, 2.24) is 9.62 Å². The van der Waals surface area contributed by atoms with Crippen molar-refractivity contribution >= 4 is 37.6 Å². The minimum Gasteiger partial charge on any atom is -0.316 e. The standard InChI is InChI=1S/C13H18BrClN2O2S/c1-17(9-10-3-2-6-16-8-10)20(18,19)13-5-4-11(14)7-12(13)15/h4-5,7,10,16H,2-3,6,8-9H2,1H3. The highest BCUT2D eigenvalue weighted by Crippen LogP contribution is 2.28. The number of hydrogen-bond donors (Lipinski definition) is 1. The van der Waals surface area contributed by atoms with Gasteiger partial charge in [0.15, 0.2) is 0 Å². The molecule has 0 radical (unpaired) electrons. The number of piperidine rings is 1. The smallest absolute Gasteiger partial charge is 0.244 e. The summed E-state index contributed by atoms with van der Waals surface area (Å²) in [6, 6.07) is 4.83. The highest BCUT2D eigenvalue weighted by Gasteiger charge is 2.26. The van der Waals surface area contributed by atoms with Gasteiger partial charge in [0.1, 0.15) is 4.90 Å². The molecule has 1 N–H and O–H groups in total. The van der Waals surface area contributed by atoms with Crippen LogP contribution in [0.4, 0.5) is 0 Å². The fourth-order valence-electron chi connectivity index (χ4n) is 2.39. The number of hydrogen-bond acceptors (Lipinski definition) is 3. The molecule has 2 rings (SSSR count). The summed E-state index contributed by atoms with van der Waals surface area (Å²) in [6.07, 6.45) is 2.15. The van der Waals surface area contributed by atoms with Gasteiger partial charge in [-0.05, 0) is 50.0 Å². The Balaban J connectivity index is 2.16. The predicted octanol–water partition coefficient (Wildman–Crippen LogP) is 2.72. The first-order chi connectivity index (χ1) is 9.41. The molecule has 0 aromatic heterocycles. The lowest BCUT2D eigenvalue weighted by atomic mass is 10.00. The maximum Gasteiger partial charge on any atom is 0.244 e. The third-order valence-electron chi connectivity index (χ3n) is 3.50. The summed E-state index contributed by atoms with van der Waals surface area (Å²) in [4.78, 5) is 0.161. The number of nitrogens with one attached hydrogen (secondary N) is 1. The molecule has 0 amide bonds. The molecule has 1 heterocycles. The minimum atomic E-state index is -3.53. The number of benzene rings is 1. The van der Waals surface area contributed by atoms with Crippen molar-refractivity contribution in [3.8, 4) is 0 Å². The third kappa shape index (κ3) is 3.74. The van der Waals surface area contributed by atoms with E-state index in [0.29, 0.717) is 12.5 Å². The molecule has 0 saturated carbocycles. The van der Waals surface area contributed by atoms with Crippen molar-refractivity contribution < 1.29 is 8.42 Å². The molecule has 1 fully saturated rings. The Kier molecular flexibility index (Phi) is 5.48. The number of nitrogens with zero attached hydrogens (tertiary/aromatic N) is 1. The molecule has 1 aliphatic rings. The quantitative estimate of drug-likeness (QED) is 0.872. The van der Waals surface area contributed by atoms with E-state index in [4.69, 9.17) is 11.6 Å². The normalized spacial score (nSPS) is 20.3. The average molecular weight is 382 g/mol. The van der Waals surface area contributed by atoms with Gasteiger partial charge >= 0.3 is 0 Å². The van der Waals surface area contributed by atoms with Gasteiger partial charge in [0.25, 0.3) is 0 Å². The van der Waals surface area contributed by atoms with E-state index in [-0.39, 0.29) is 9.92 Å². The molecular formula is C13H18BrClN2O2S. The number of halogens is 2. The Labute approximate surface area is 133 Å². The highest BCUT2D eigenvalue weighted by atomic mass is 79.9. The van der Waals surface area contributed by atoms with Crippen LogP contribution in [0.25, 0.3) is 0 Å². The molecular weight excluding hydrogens is 364 g/mol. The second-order valence-electron chi connectivity index (χ2n) is 5.07. The van der Waals surface area contributed by atoms with Crippen LogP contribution in [0, 0.1) is 5.92 Å². The van der Waals surface area contributed by atoms with Crippen molar-refractivity contribution in [3.63, 3.8) is 0 Å². The van der Waals surface area contributed by atoms with Crippen molar-refractivity contribution in [1.29, 1.82) is 0 Å². The minimum absolute atomic E-state index is 0.161. The van der Waals surface area contributed by atoms with Crippen molar-refractivity contribution in [3.05, 3.63) is 27.7 Å². The monoisotopic (exact) mass is 380 g/mol. The van der Waals surface area contributed by atoms with Gasteiger partial charge in [-0.3, -0.25) is 0 Å². The van der Waals surface area contributed by atoms with E-state index in [1.807, 2.05) is 0 Å². The average Bonchev–Trinajstić information content (AvgIpc) is 2.39. The van der Waals surface area contributed by atoms with Crippen LogP contribution in [0.3, 0.4) is 0 Å². The first-order valence-corrected chi connectivity index (χ1v) is 9.14. The van der Waals surface area contributed by atoms with Gasteiger partial charge in [-0.1, -0.05) is 27.5 Å². The van der Waals surface area contributed by atoms with Crippen molar-refractivity contribution in [2.75, 3.05) is 26.7 Å². The summed E-state index contributed by atoms with van der Waals surface area (Å²) < 4.78 is 27.3. The van der Waals surface area contributed by atoms with E-state index < -0.39 is 10.0 Å². The van der Waals surface area contributed by atoms with Crippen LogP contribution in [0.5, 0.6) is 0 Å². The van der Waals surface area contributed by atoms with Gasteiger partial charge in [0.05, 0.1) is 5.02 Å². The lowest BCUT2D eigenvalue weighted by Gasteiger charge is -2.27. The van der Waals surface area contributed by atoms with Gasteiger partial charge in [-0.2, -0.15) is 0 Å². The Morgan fingerprint density at radius 3 is 2.85 bits per heavy atom.